The van der Waals surface area contributed by atoms with Gasteiger partial charge in [0.2, 0.25) is 0 Å². The molecule has 10 heteroatoms. The van der Waals surface area contributed by atoms with Crippen molar-refractivity contribution in [1.82, 2.24) is 15.0 Å². The second-order valence-electron chi connectivity index (χ2n) is 6.21. The molecule has 0 saturated heterocycles. The van der Waals surface area contributed by atoms with Crippen LogP contribution in [0.25, 0.3) is 11.0 Å². The molecule has 1 aromatic carbocycles. The highest BCUT2D eigenvalue weighted by atomic mass is 32.2. The van der Waals surface area contributed by atoms with Gasteiger partial charge in [-0.15, -0.1) is 11.8 Å². The van der Waals surface area contributed by atoms with Crippen molar-refractivity contribution in [3.63, 3.8) is 0 Å². The van der Waals surface area contributed by atoms with E-state index in [1.54, 1.807) is 42.1 Å². The number of thioether (sulfide) groups is 1. The second kappa shape index (κ2) is 9.23. The lowest BCUT2D eigenvalue weighted by Gasteiger charge is -2.13. The average molecular weight is 420 g/mol. The molecular formula is C19H21FN4O4S. The molecule has 0 aliphatic heterocycles. The largest absolute Gasteiger partial charge is 0.394 e. The van der Waals surface area contributed by atoms with Crippen molar-refractivity contribution in [3.05, 3.63) is 47.9 Å². The minimum atomic E-state index is -1.12. The Kier molecular flexibility index (Phi) is 6.70. The van der Waals surface area contributed by atoms with Crippen molar-refractivity contribution in [2.45, 2.75) is 11.0 Å². The van der Waals surface area contributed by atoms with Gasteiger partial charge in [-0.25, -0.2) is 14.9 Å². The molecule has 3 aromatic rings. The van der Waals surface area contributed by atoms with Gasteiger partial charge in [-0.3, -0.25) is 9.63 Å². The summed E-state index contributed by atoms with van der Waals surface area (Å²) in [6.45, 7) is -0.773. The SMILES string of the molecule is CSc1ccc(Nc2c(C(=O)NOC[C@H](O)CO)c3cccnc3n2C)c(F)c1. The molecule has 154 valence electrons. The first-order valence-electron chi connectivity index (χ1n) is 8.71. The molecule has 0 fully saturated rings. The zero-order valence-corrected chi connectivity index (χ0v) is 16.7. The number of benzene rings is 1. The minimum Gasteiger partial charge on any atom is -0.394 e. The molecule has 0 aliphatic rings. The fourth-order valence-electron chi connectivity index (χ4n) is 2.80. The molecule has 29 heavy (non-hydrogen) atoms. The molecule has 2 heterocycles. The number of aliphatic hydroxyl groups is 2. The van der Waals surface area contributed by atoms with Crippen LogP contribution in [0, 0.1) is 5.82 Å². The van der Waals surface area contributed by atoms with Crippen LogP contribution in [0.1, 0.15) is 10.4 Å². The summed E-state index contributed by atoms with van der Waals surface area (Å²) in [5.41, 5.74) is 3.18. The summed E-state index contributed by atoms with van der Waals surface area (Å²) >= 11 is 1.42. The summed E-state index contributed by atoms with van der Waals surface area (Å²) in [6.07, 6.45) is 2.33. The summed E-state index contributed by atoms with van der Waals surface area (Å²) in [5, 5.41) is 21.7. The summed E-state index contributed by atoms with van der Waals surface area (Å²) < 4.78 is 16.1. The maximum absolute atomic E-state index is 14.5. The number of aliphatic hydroxyl groups excluding tert-OH is 2. The Bertz CT molecular complexity index is 1030. The van der Waals surface area contributed by atoms with Gasteiger partial charge in [-0.05, 0) is 36.6 Å². The number of rotatable bonds is 8. The first-order valence-corrected chi connectivity index (χ1v) is 9.93. The van der Waals surface area contributed by atoms with Crippen molar-refractivity contribution in [3.8, 4) is 0 Å². The number of nitrogens with one attached hydrogen (secondary N) is 2. The number of carbonyl (C=O) groups excluding carboxylic acids is 1. The quantitative estimate of drug-likeness (QED) is 0.327. The van der Waals surface area contributed by atoms with E-state index >= 15 is 0 Å². The van der Waals surface area contributed by atoms with Gasteiger partial charge >= 0.3 is 0 Å². The van der Waals surface area contributed by atoms with Crippen LogP contribution in [0.15, 0.2) is 41.4 Å². The summed E-state index contributed by atoms with van der Waals surface area (Å²) in [5.74, 6) is -0.723. The fourth-order valence-corrected chi connectivity index (χ4v) is 3.22. The first kappa shape index (κ1) is 21.1. The van der Waals surface area contributed by atoms with Crippen LogP contribution in [-0.4, -0.2) is 51.2 Å². The van der Waals surface area contributed by atoms with Crippen LogP contribution in [0.5, 0.6) is 0 Å². The van der Waals surface area contributed by atoms with Gasteiger partial charge in [0.05, 0.1) is 17.9 Å². The number of hydrogen-bond donors (Lipinski definition) is 4. The number of carbonyl (C=O) groups is 1. The molecule has 1 amide bonds. The van der Waals surface area contributed by atoms with E-state index in [4.69, 9.17) is 9.94 Å². The van der Waals surface area contributed by atoms with E-state index in [0.717, 1.165) is 4.90 Å². The van der Waals surface area contributed by atoms with E-state index in [0.29, 0.717) is 16.9 Å². The lowest BCUT2D eigenvalue weighted by Crippen LogP contribution is -2.30. The van der Waals surface area contributed by atoms with Gasteiger partial charge < -0.3 is 20.1 Å². The van der Waals surface area contributed by atoms with Crippen molar-refractivity contribution in [2.24, 2.45) is 7.05 Å². The number of aryl methyl sites for hydroxylation is 1. The molecule has 3 rings (SSSR count). The maximum atomic E-state index is 14.5. The van der Waals surface area contributed by atoms with Crippen LogP contribution in [0.4, 0.5) is 15.9 Å². The Morgan fingerprint density at radius 3 is 2.90 bits per heavy atom. The topological polar surface area (TPSA) is 109 Å². The second-order valence-corrected chi connectivity index (χ2v) is 7.09. The molecule has 4 N–H and O–H groups in total. The molecule has 0 spiro atoms. The molecule has 8 nitrogen and oxygen atoms in total. The number of halogens is 1. The summed E-state index contributed by atoms with van der Waals surface area (Å²) in [4.78, 5) is 22.8. The Morgan fingerprint density at radius 2 is 2.21 bits per heavy atom. The van der Waals surface area contributed by atoms with Crippen LogP contribution in [0.3, 0.4) is 0 Å². The van der Waals surface area contributed by atoms with Gasteiger partial charge in [0.15, 0.2) is 0 Å². The Balaban J connectivity index is 1.97. The number of fused-ring (bicyclic) bond motifs is 1. The van der Waals surface area contributed by atoms with Gasteiger partial charge in [0.1, 0.15) is 30.0 Å². The summed E-state index contributed by atoms with van der Waals surface area (Å²) in [6, 6.07) is 8.19. The lowest BCUT2D eigenvalue weighted by atomic mass is 10.2. The maximum Gasteiger partial charge on any atom is 0.279 e. The van der Waals surface area contributed by atoms with E-state index in [1.807, 2.05) is 6.26 Å². The number of nitrogens with zero attached hydrogens (tertiary/aromatic N) is 2. The number of hydroxylamine groups is 1. The van der Waals surface area contributed by atoms with E-state index in [1.165, 1.54) is 17.8 Å². The number of hydrogen-bond acceptors (Lipinski definition) is 7. The Labute approximate surface area is 170 Å². The van der Waals surface area contributed by atoms with Crippen molar-refractivity contribution < 1.29 is 24.2 Å². The number of aromatic nitrogens is 2. The molecule has 0 saturated carbocycles. The summed E-state index contributed by atoms with van der Waals surface area (Å²) in [7, 11) is 1.71. The molecule has 0 radical (unpaired) electrons. The highest BCUT2D eigenvalue weighted by Gasteiger charge is 2.23. The fraction of sp³-hybridized carbons (Fsp3) is 0.263. The smallest absolute Gasteiger partial charge is 0.279 e. The van der Waals surface area contributed by atoms with Gasteiger partial charge in [-0.1, -0.05) is 0 Å². The van der Waals surface area contributed by atoms with Crippen LogP contribution >= 0.6 is 11.8 Å². The highest BCUT2D eigenvalue weighted by molar-refractivity contribution is 7.98. The Morgan fingerprint density at radius 1 is 1.41 bits per heavy atom. The van der Waals surface area contributed by atoms with Crippen molar-refractivity contribution in [2.75, 3.05) is 24.8 Å². The van der Waals surface area contributed by atoms with Gasteiger partial charge in [0, 0.05) is 23.5 Å². The predicted molar refractivity (Wildman–Crippen MR) is 109 cm³/mol. The zero-order valence-electron chi connectivity index (χ0n) is 15.8. The van der Waals surface area contributed by atoms with E-state index in [9.17, 15) is 14.3 Å². The third-order valence-electron chi connectivity index (χ3n) is 4.25. The molecule has 2 aromatic heterocycles. The predicted octanol–water partition coefficient (Wildman–Crippen LogP) is 2.19. The van der Waals surface area contributed by atoms with Crippen LogP contribution in [0.2, 0.25) is 0 Å². The molecule has 0 unspecified atom stereocenters. The third kappa shape index (κ3) is 4.51. The number of pyridine rings is 1. The third-order valence-corrected chi connectivity index (χ3v) is 4.98. The number of amides is 1. The normalized spacial score (nSPS) is 12.2. The van der Waals surface area contributed by atoms with E-state index < -0.39 is 24.4 Å². The monoisotopic (exact) mass is 420 g/mol. The van der Waals surface area contributed by atoms with Gasteiger partial charge in [0.25, 0.3) is 5.91 Å². The van der Waals surface area contributed by atoms with Crippen molar-refractivity contribution in [1.29, 1.82) is 0 Å². The van der Waals surface area contributed by atoms with Gasteiger partial charge in [-0.2, -0.15) is 0 Å². The van der Waals surface area contributed by atoms with Crippen LogP contribution in [-0.2, 0) is 11.9 Å². The molecule has 0 bridgehead atoms. The molecule has 1 atom stereocenters. The number of anilines is 2. The lowest BCUT2D eigenvalue weighted by molar-refractivity contribution is -0.0294. The Hall–Kier alpha value is -2.66. The minimum absolute atomic E-state index is 0.208. The zero-order chi connectivity index (χ0) is 21.0. The molecule has 0 aliphatic carbocycles. The highest BCUT2D eigenvalue weighted by Crippen LogP contribution is 2.32. The van der Waals surface area contributed by atoms with E-state index in [2.05, 4.69) is 15.8 Å². The molecular weight excluding hydrogens is 399 g/mol. The average Bonchev–Trinajstić information content (AvgIpc) is 3.01. The van der Waals surface area contributed by atoms with E-state index in [-0.39, 0.29) is 17.9 Å². The van der Waals surface area contributed by atoms with Crippen LogP contribution < -0.4 is 10.8 Å². The first-order chi connectivity index (χ1) is 14.0. The standard InChI is InChI=1S/C19H21FN4O4S/c1-24-17-13(4-3-7-21-17)16(19(27)23-28-10-11(26)9-25)18(24)22-15-6-5-12(29-2)8-14(15)20/h3-8,11,22,25-26H,9-10H2,1-2H3,(H,23,27)/t11-/m1/s1. The van der Waals surface area contributed by atoms with Crippen molar-refractivity contribution >= 4 is 40.2 Å².